The Kier molecular flexibility index (Phi) is 3.17. The van der Waals surface area contributed by atoms with Crippen molar-refractivity contribution in [3.05, 3.63) is 72.1 Å². The fraction of sp³-hybridized carbons (Fsp3) is 0.0588. The quantitative estimate of drug-likeness (QED) is 0.763. The third-order valence-electron chi connectivity index (χ3n) is 3.26. The molecule has 0 saturated carbocycles. The van der Waals surface area contributed by atoms with Crippen LogP contribution < -0.4 is 5.32 Å². The van der Waals surface area contributed by atoms with E-state index in [0.717, 1.165) is 22.0 Å². The van der Waals surface area contributed by atoms with E-state index in [2.05, 4.69) is 10.3 Å². The monoisotopic (exact) mass is 262 g/mol. The molecule has 1 N–H and O–H groups in total. The molecule has 0 atom stereocenters. The van der Waals surface area contributed by atoms with Crippen molar-refractivity contribution >= 4 is 22.4 Å². The number of nitrogens with one attached hydrogen (secondary N) is 1. The number of carbonyl (C=O) groups excluding carboxylic acids is 1. The lowest BCUT2D eigenvalue weighted by Crippen LogP contribution is -2.13. The Bertz CT molecular complexity index is 761. The van der Waals surface area contributed by atoms with Crippen LogP contribution in [0.3, 0.4) is 0 Å². The summed E-state index contributed by atoms with van der Waals surface area (Å²) < 4.78 is 0. The molecule has 2 aromatic carbocycles. The predicted octanol–water partition coefficient (Wildman–Crippen LogP) is 3.80. The van der Waals surface area contributed by atoms with Gasteiger partial charge in [0.25, 0.3) is 5.91 Å². The first kappa shape index (κ1) is 12.4. The minimum atomic E-state index is -0.193. The molecular formula is C17H14N2O. The summed E-state index contributed by atoms with van der Waals surface area (Å²) in [4.78, 5) is 16.3. The molecule has 0 bridgehead atoms. The highest BCUT2D eigenvalue weighted by Gasteiger charge is 2.09. The maximum Gasteiger partial charge on any atom is 0.274 e. The number of benzene rings is 2. The van der Waals surface area contributed by atoms with E-state index in [1.807, 2.05) is 43.3 Å². The Morgan fingerprint density at radius 3 is 2.55 bits per heavy atom. The smallest absolute Gasteiger partial charge is 0.274 e. The average Bonchev–Trinajstić information content (AvgIpc) is 2.48. The summed E-state index contributed by atoms with van der Waals surface area (Å²) in [6.45, 7) is 2.04. The van der Waals surface area contributed by atoms with E-state index >= 15 is 0 Å². The number of amides is 1. The first-order chi connectivity index (χ1) is 9.75. The second-order valence-corrected chi connectivity index (χ2v) is 4.65. The molecule has 0 spiro atoms. The van der Waals surface area contributed by atoms with E-state index in [4.69, 9.17) is 0 Å². The Morgan fingerprint density at radius 2 is 1.80 bits per heavy atom. The zero-order valence-corrected chi connectivity index (χ0v) is 11.1. The molecule has 0 aliphatic rings. The van der Waals surface area contributed by atoms with Crippen LogP contribution in [0, 0.1) is 6.92 Å². The lowest BCUT2D eigenvalue weighted by Gasteiger charge is -2.10. The van der Waals surface area contributed by atoms with Gasteiger partial charge in [0.1, 0.15) is 5.69 Å². The van der Waals surface area contributed by atoms with Gasteiger partial charge in [0, 0.05) is 17.3 Å². The Labute approximate surface area is 117 Å². The van der Waals surface area contributed by atoms with Crippen molar-refractivity contribution < 1.29 is 4.79 Å². The topological polar surface area (TPSA) is 42.0 Å². The fourth-order valence-corrected chi connectivity index (χ4v) is 2.32. The van der Waals surface area contributed by atoms with E-state index in [-0.39, 0.29) is 5.91 Å². The number of aryl methyl sites for hydroxylation is 1. The summed E-state index contributed by atoms with van der Waals surface area (Å²) in [6.07, 6.45) is 1.61. The Morgan fingerprint density at radius 1 is 1.00 bits per heavy atom. The summed E-state index contributed by atoms with van der Waals surface area (Å²) in [5.74, 6) is -0.193. The zero-order valence-electron chi connectivity index (χ0n) is 11.1. The van der Waals surface area contributed by atoms with Crippen LogP contribution in [0.15, 0.2) is 60.8 Å². The molecule has 0 aliphatic carbocycles. The van der Waals surface area contributed by atoms with Crippen LogP contribution in [0.5, 0.6) is 0 Å². The number of pyridine rings is 1. The molecule has 1 amide bonds. The Balaban J connectivity index is 2.02. The average molecular weight is 262 g/mol. The van der Waals surface area contributed by atoms with E-state index in [1.54, 1.807) is 24.4 Å². The lowest BCUT2D eigenvalue weighted by atomic mass is 10.0. The van der Waals surface area contributed by atoms with Crippen LogP contribution in [0.4, 0.5) is 5.69 Å². The molecule has 1 heterocycles. The van der Waals surface area contributed by atoms with Gasteiger partial charge in [-0.1, -0.05) is 36.4 Å². The summed E-state index contributed by atoms with van der Waals surface area (Å²) in [5, 5.41) is 5.12. The number of hydrogen-bond donors (Lipinski definition) is 1. The van der Waals surface area contributed by atoms with Gasteiger partial charge < -0.3 is 5.32 Å². The van der Waals surface area contributed by atoms with Crippen LogP contribution in [0.25, 0.3) is 10.8 Å². The number of anilines is 1. The molecule has 3 rings (SSSR count). The minimum Gasteiger partial charge on any atom is -0.320 e. The third-order valence-corrected chi connectivity index (χ3v) is 3.26. The number of carbonyl (C=O) groups is 1. The lowest BCUT2D eigenvalue weighted by molar-refractivity contribution is 0.102. The van der Waals surface area contributed by atoms with Crippen molar-refractivity contribution in [3.8, 4) is 0 Å². The number of nitrogens with zero attached hydrogens (tertiary/aromatic N) is 1. The Hall–Kier alpha value is -2.68. The van der Waals surface area contributed by atoms with Crippen LogP contribution in [-0.2, 0) is 0 Å². The highest BCUT2D eigenvalue weighted by Crippen LogP contribution is 2.26. The van der Waals surface area contributed by atoms with Crippen molar-refractivity contribution in [1.82, 2.24) is 4.98 Å². The first-order valence-corrected chi connectivity index (χ1v) is 6.46. The summed E-state index contributed by atoms with van der Waals surface area (Å²) in [7, 11) is 0. The second kappa shape index (κ2) is 5.13. The predicted molar refractivity (Wildman–Crippen MR) is 80.9 cm³/mol. The van der Waals surface area contributed by atoms with Crippen molar-refractivity contribution in [2.45, 2.75) is 6.92 Å². The van der Waals surface area contributed by atoms with E-state index < -0.39 is 0 Å². The third kappa shape index (κ3) is 2.26. The molecule has 0 unspecified atom stereocenters. The van der Waals surface area contributed by atoms with Gasteiger partial charge in [-0.3, -0.25) is 9.78 Å². The first-order valence-electron chi connectivity index (χ1n) is 6.46. The van der Waals surface area contributed by atoms with E-state index in [0.29, 0.717) is 5.69 Å². The summed E-state index contributed by atoms with van der Waals surface area (Å²) >= 11 is 0. The maximum atomic E-state index is 12.2. The number of hydrogen-bond acceptors (Lipinski definition) is 2. The zero-order chi connectivity index (χ0) is 13.9. The molecule has 3 aromatic rings. The van der Waals surface area contributed by atoms with Crippen molar-refractivity contribution in [2.75, 3.05) is 5.32 Å². The largest absolute Gasteiger partial charge is 0.320 e. The molecule has 0 saturated heterocycles. The molecule has 3 nitrogen and oxygen atoms in total. The number of fused-ring (bicyclic) bond motifs is 1. The van der Waals surface area contributed by atoms with Crippen LogP contribution in [0.1, 0.15) is 16.1 Å². The van der Waals surface area contributed by atoms with Gasteiger partial charge in [-0.05, 0) is 36.1 Å². The molecule has 98 valence electrons. The highest BCUT2D eigenvalue weighted by molar-refractivity contribution is 6.08. The van der Waals surface area contributed by atoms with Crippen molar-refractivity contribution in [2.24, 2.45) is 0 Å². The van der Waals surface area contributed by atoms with Gasteiger partial charge in [0.2, 0.25) is 0 Å². The van der Waals surface area contributed by atoms with Gasteiger partial charge in [-0.2, -0.15) is 0 Å². The molecule has 20 heavy (non-hydrogen) atoms. The highest BCUT2D eigenvalue weighted by atomic mass is 16.1. The molecule has 3 heteroatoms. The molecule has 1 aromatic heterocycles. The van der Waals surface area contributed by atoms with Crippen LogP contribution >= 0.6 is 0 Å². The minimum absolute atomic E-state index is 0.193. The normalized spacial score (nSPS) is 10.4. The van der Waals surface area contributed by atoms with Crippen molar-refractivity contribution in [3.63, 3.8) is 0 Å². The SMILES string of the molecule is Cc1cccc2cccc(NC(=O)c3ccccn3)c12. The van der Waals surface area contributed by atoms with Gasteiger partial charge in [-0.15, -0.1) is 0 Å². The summed E-state index contributed by atoms with van der Waals surface area (Å²) in [6, 6.07) is 17.3. The van der Waals surface area contributed by atoms with E-state index in [9.17, 15) is 4.79 Å². The summed E-state index contributed by atoms with van der Waals surface area (Å²) in [5.41, 5.74) is 2.37. The molecule has 0 fully saturated rings. The van der Waals surface area contributed by atoms with Crippen molar-refractivity contribution in [1.29, 1.82) is 0 Å². The van der Waals surface area contributed by atoms with Gasteiger partial charge in [0.15, 0.2) is 0 Å². The second-order valence-electron chi connectivity index (χ2n) is 4.65. The number of aromatic nitrogens is 1. The van der Waals surface area contributed by atoms with E-state index in [1.165, 1.54) is 0 Å². The van der Waals surface area contributed by atoms with Gasteiger partial charge >= 0.3 is 0 Å². The molecular weight excluding hydrogens is 248 g/mol. The van der Waals surface area contributed by atoms with Crippen LogP contribution in [0.2, 0.25) is 0 Å². The van der Waals surface area contributed by atoms with Crippen LogP contribution in [-0.4, -0.2) is 10.9 Å². The molecule has 0 radical (unpaired) electrons. The number of rotatable bonds is 2. The fourth-order valence-electron chi connectivity index (χ4n) is 2.32. The van der Waals surface area contributed by atoms with Gasteiger partial charge in [-0.25, -0.2) is 0 Å². The van der Waals surface area contributed by atoms with Gasteiger partial charge in [0.05, 0.1) is 0 Å². The standard InChI is InChI=1S/C17H14N2O/c1-12-6-4-7-13-8-5-10-14(16(12)13)19-17(20)15-9-2-3-11-18-15/h2-11H,1H3,(H,19,20). The maximum absolute atomic E-state index is 12.2. The molecule has 0 aliphatic heterocycles.